The molecule has 0 amide bonds. The molecule has 0 saturated carbocycles. The smallest absolute Gasteiger partial charge is 0.338 e. The molecule has 2 aromatic carbocycles. The van der Waals surface area contributed by atoms with Crippen molar-refractivity contribution in [3.05, 3.63) is 54.1 Å². The van der Waals surface area contributed by atoms with E-state index in [1.54, 1.807) is 24.3 Å². The molecule has 7 nitrogen and oxygen atoms in total. The van der Waals surface area contributed by atoms with Crippen molar-refractivity contribution in [2.45, 2.75) is 24.7 Å². The van der Waals surface area contributed by atoms with Crippen molar-refractivity contribution in [3.63, 3.8) is 0 Å². The molecular weight excluding hydrogens is 344 g/mol. The molecule has 2 rings (SSSR count). The first kappa shape index (κ1) is 18.8. The van der Waals surface area contributed by atoms with Gasteiger partial charge in [0.05, 0.1) is 28.4 Å². The molecule has 0 unspecified atom stereocenters. The molecule has 0 saturated heterocycles. The van der Waals surface area contributed by atoms with Crippen molar-refractivity contribution in [2.75, 3.05) is 6.61 Å². The van der Waals surface area contributed by atoms with E-state index < -0.39 is 10.1 Å². The molecule has 0 aromatic heterocycles. The lowest BCUT2D eigenvalue weighted by atomic mass is 10.2. The summed E-state index contributed by atoms with van der Waals surface area (Å²) in [5.74, 6) is -0.377. The number of unbranched alkanes of at least 4 members (excludes halogenated alkanes) is 1. The molecule has 132 valence electrons. The van der Waals surface area contributed by atoms with E-state index in [1.165, 1.54) is 24.3 Å². The van der Waals surface area contributed by atoms with Gasteiger partial charge >= 0.3 is 5.97 Å². The molecule has 0 atom stereocenters. The molecule has 8 heteroatoms. The van der Waals surface area contributed by atoms with Crippen LogP contribution < -0.4 is 0 Å². The topological polar surface area (TPSA) is 105 Å². The van der Waals surface area contributed by atoms with Gasteiger partial charge in [-0.15, -0.1) is 0 Å². The summed E-state index contributed by atoms with van der Waals surface area (Å²) in [6, 6.07) is 11.8. The van der Waals surface area contributed by atoms with Crippen molar-refractivity contribution in [1.29, 1.82) is 0 Å². The lowest BCUT2D eigenvalue weighted by Crippen LogP contribution is -2.05. The van der Waals surface area contributed by atoms with Crippen molar-refractivity contribution in [1.82, 2.24) is 0 Å². The van der Waals surface area contributed by atoms with Crippen molar-refractivity contribution in [3.8, 4) is 0 Å². The van der Waals surface area contributed by atoms with E-state index in [-0.39, 0.29) is 10.9 Å². The Hall–Kier alpha value is -2.58. The zero-order valence-corrected chi connectivity index (χ0v) is 14.4. The molecule has 2 aromatic rings. The van der Waals surface area contributed by atoms with Gasteiger partial charge in [0.2, 0.25) is 0 Å². The molecular formula is C17H18N2O5S. The molecule has 0 fully saturated rings. The third-order valence-corrected chi connectivity index (χ3v) is 4.12. The minimum Gasteiger partial charge on any atom is -0.462 e. The fourth-order valence-corrected chi connectivity index (χ4v) is 2.34. The summed E-state index contributed by atoms with van der Waals surface area (Å²) in [6.07, 6.45) is 1.78. The maximum atomic E-state index is 11.8. The van der Waals surface area contributed by atoms with Crippen LogP contribution in [-0.2, 0) is 14.9 Å². The van der Waals surface area contributed by atoms with E-state index >= 15 is 0 Å². The van der Waals surface area contributed by atoms with Crippen LogP contribution in [0.5, 0.6) is 0 Å². The maximum Gasteiger partial charge on any atom is 0.338 e. The van der Waals surface area contributed by atoms with Crippen molar-refractivity contribution in [2.24, 2.45) is 10.2 Å². The highest BCUT2D eigenvalue weighted by Crippen LogP contribution is 2.20. The Morgan fingerprint density at radius 1 is 1.00 bits per heavy atom. The number of esters is 1. The maximum absolute atomic E-state index is 11.8. The van der Waals surface area contributed by atoms with Gasteiger partial charge < -0.3 is 4.74 Å². The van der Waals surface area contributed by atoms with Crippen LogP contribution in [-0.4, -0.2) is 25.5 Å². The average Bonchev–Trinajstić information content (AvgIpc) is 2.60. The van der Waals surface area contributed by atoms with Gasteiger partial charge in [0.15, 0.2) is 0 Å². The van der Waals surface area contributed by atoms with E-state index in [9.17, 15) is 13.2 Å². The number of rotatable bonds is 7. The highest BCUT2D eigenvalue weighted by molar-refractivity contribution is 7.85. The molecule has 0 spiro atoms. The largest absolute Gasteiger partial charge is 0.462 e. The predicted octanol–water partition coefficient (Wildman–Crippen LogP) is 4.31. The van der Waals surface area contributed by atoms with Crippen molar-refractivity contribution < 1.29 is 22.5 Å². The van der Waals surface area contributed by atoms with Gasteiger partial charge in [0.1, 0.15) is 0 Å². The highest BCUT2D eigenvalue weighted by Gasteiger charge is 2.08. The lowest BCUT2D eigenvalue weighted by Gasteiger charge is -2.03. The second-order valence-electron chi connectivity index (χ2n) is 5.21. The number of hydrogen-bond donors (Lipinski definition) is 1. The Morgan fingerprint density at radius 3 is 2.00 bits per heavy atom. The summed E-state index contributed by atoms with van der Waals surface area (Å²) in [6.45, 7) is 2.42. The molecule has 25 heavy (non-hydrogen) atoms. The van der Waals surface area contributed by atoms with E-state index in [4.69, 9.17) is 9.29 Å². The standard InChI is InChI=1S/C17H18N2O5S/c1-2-3-12-24-17(20)13-4-6-14(7-5-13)18-19-15-8-10-16(11-9-15)25(21,22)23/h4-11H,2-3,12H2,1H3,(H,21,22,23). The van der Waals surface area contributed by atoms with Gasteiger partial charge in [-0.05, 0) is 55.0 Å². The van der Waals surface area contributed by atoms with E-state index in [1.807, 2.05) is 6.92 Å². The number of azo groups is 1. The average molecular weight is 362 g/mol. The first-order chi connectivity index (χ1) is 11.9. The first-order valence-electron chi connectivity index (χ1n) is 7.66. The zero-order valence-electron chi connectivity index (χ0n) is 13.6. The Balaban J connectivity index is 2.01. The van der Waals surface area contributed by atoms with Gasteiger partial charge in [-0.2, -0.15) is 18.6 Å². The van der Waals surface area contributed by atoms with E-state index in [0.717, 1.165) is 12.8 Å². The Labute approximate surface area is 146 Å². The third-order valence-electron chi connectivity index (χ3n) is 3.25. The lowest BCUT2D eigenvalue weighted by molar-refractivity contribution is 0.0499. The predicted molar refractivity (Wildman–Crippen MR) is 92.1 cm³/mol. The third kappa shape index (κ3) is 5.77. The number of carbonyl (C=O) groups excluding carboxylic acids is 1. The SMILES string of the molecule is CCCCOC(=O)c1ccc(N=Nc2ccc(S(=O)(=O)O)cc2)cc1. The van der Waals surface area contributed by atoms with E-state index in [2.05, 4.69) is 10.2 Å². The van der Waals surface area contributed by atoms with Crippen LogP contribution in [0.4, 0.5) is 11.4 Å². The van der Waals surface area contributed by atoms with Crippen LogP contribution in [0.3, 0.4) is 0 Å². The molecule has 1 N–H and O–H groups in total. The van der Waals surface area contributed by atoms with Gasteiger partial charge in [-0.25, -0.2) is 4.79 Å². The number of hydrogen-bond acceptors (Lipinski definition) is 6. The summed E-state index contributed by atoms with van der Waals surface area (Å²) in [5.41, 5.74) is 1.40. The fourth-order valence-electron chi connectivity index (χ4n) is 1.86. The molecule has 0 aliphatic rings. The summed E-state index contributed by atoms with van der Waals surface area (Å²) in [7, 11) is -4.22. The van der Waals surface area contributed by atoms with Crippen LogP contribution in [0, 0.1) is 0 Å². The quantitative estimate of drug-likeness (QED) is 0.342. The Bertz CT molecular complexity index is 844. The fraction of sp³-hybridized carbons (Fsp3) is 0.235. The first-order valence-corrected chi connectivity index (χ1v) is 9.10. The minimum atomic E-state index is -4.22. The molecule has 0 radical (unpaired) electrons. The van der Waals surface area contributed by atoms with Gasteiger partial charge in [0, 0.05) is 0 Å². The highest BCUT2D eigenvalue weighted by atomic mass is 32.2. The normalized spacial score (nSPS) is 11.6. The molecule has 0 aliphatic carbocycles. The number of nitrogens with zero attached hydrogens (tertiary/aromatic N) is 2. The number of carbonyl (C=O) groups is 1. The Morgan fingerprint density at radius 2 is 1.52 bits per heavy atom. The van der Waals surface area contributed by atoms with Gasteiger partial charge in [-0.3, -0.25) is 4.55 Å². The number of ether oxygens (including phenoxy) is 1. The molecule has 0 bridgehead atoms. The second kappa shape index (κ2) is 8.50. The van der Waals surface area contributed by atoms with Gasteiger partial charge in [-0.1, -0.05) is 13.3 Å². The Kier molecular flexibility index (Phi) is 6.37. The van der Waals surface area contributed by atoms with Crippen LogP contribution in [0.1, 0.15) is 30.1 Å². The van der Waals surface area contributed by atoms with Crippen molar-refractivity contribution >= 4 is 27.5 Å². The molecule has 0 aliphatic heterocycles. The van der Waals surface area contributed by atoms with Crippen LogP contribution in [0.2, 0.25) is 0 Å². The summed E-state index contributed by atoms with van der Waals surface area (Å²) < 4.78 is 35.9. The second-order valence-corrected chi connectivity index (χ2v) is 6.63. The number of benzene rings is 2. The molecule has 0 heterocycles. The monoisotopic (exact) mass is 362 g/mol. The summed E-state index contributed by atoms with van der Waals surface area (Å²) in [4.78, 5) is 11.6. The zero-order chi connectivity index (χ0) is 18.3. The summed E-state index contributed by atoms with van der Waals surface area (Å²) in [5, 5.41) is 7.97. The van der Waals surface area contributed by atoms with Crippen LogP contribution in [0.25, 0.3) is 0 Å². The minimum absolute atomic E-state index is 0.211. The van der Waals surface area contributed by atoms with Crippen LogP contribution in [0.15, 0.2) is 63.7 Å². The van der Waals surface area contributed by atoms with E-state index in [0.29, 0.717) is 23.5 Å². The summed E-state index contributed by atoms with van der Waals surface area (Å²) >= 11 is 0. The van der Waals surface area contributed by atoms with Gasteiger partial charge in [0.25, 0.3) is 10.1 Å². The van der Waals surface area contributed by atoms with Crippen LogP contribution >= 0.6 is 0 Å².